The van der Waals surface area contributed by atoms with Gasteiger partial charge in [0.05, 0.1) is 12.7 Å². The highest BCUT2D eigenvalue weighted by atomic mass is 32.1. The minimum atomic E-state index is -1.07. The van der Waals surface area contributed by atoms with Gasteiger partial charge in [0.2, 0.25) is 5.91 Å². The molecule has 1 aromatic carbocycles. The minimum absolute atomic E-state index is 0.0862. The van der Waals surface area contributed by atoms with E-state index in [1.54, 1.807) is 24.6 Å². The monoisotopic (exact) mass is 303 g/mol. The summed E-state index contributed by atoms with van der Waals surface area (Å²) in [5.74, 6) is -0.755. The van der Waals surface area contributed by atoms with Gasteiger partial charge in [-0.15, -0.1) is 11.3 Å². The third-order valence-corrected chi connectivity index (χ3v) is 3.48. The number of carbonyl (C=O) groups is 2. The molecule has 0 fully saturated rings. The van der Waals surface area contributed by atoms with E-state index in [2.05, 4.69) is 5.32 Å². The van der Waals surface area contributed by atoms with Crippen molar-refractivity contribution in [2.75, 3.05) is 12.4 Å². The van der Waals surface area contributed by atoms with Gasteiger partial charge in [0, 0.05) is 6.08 Å². The SMILES string of the molecule is COc1cccc(/C=C/C(=O)Nc2sccc2C(=O)O)c1. The second-order valence-corrected chi connectivity index (χ2v) is 4.98. The first-order valence-electron chi connectivity index (χ1n) is 6.04. The van der Waals surface area contributed by atoms with E-state index in [-0.39, 0.29) is 11.5 Å². The quantitative estimate of drug-likeness (QED) is 0.832. The van der Waals surface area contributed by atoms with Gasteiger partial charge in [0.1, 0.15) is 10.8 Å². The maximum atomic E-state index is 11.8. The molecule has 1 heterocycles. The summed E-state index contributed by atoms with van der Waals surface area (Å²) in [6.07, 6.45) is 2.98. The fourth-order valence-electron chi connectivity index (χ4n) is 1.65. The molecule has 2 rings (SSSR count). The van der Waals surface area contributed by atoms with Crippen LogP contribution in [0.5, 0.6) is 5.75 Å². The number of nitrogens with one attached hydrogen (secondary N) is 1. The van der Waals surface area contributed by atoms with E-state index in [0.29, 0.717) is 10.8 Å². The molecule has 1 amide bonds. The highest BCUT2D eigenvalue weighted by Crippen LogP contribution is 2.23. The summed E-state index contributed by atoms with van der Waals surface area (Å²) < 4.78 is 5.09. The van der Waals surface area contributed by atoms with Gasteiger partial charge in [-0.05, 0) is 35.2 Å². The Morgan fingerprint density at radius 1 is 1.33 bits per heavy atom. The van der Waals surface area contributed by atoms with Crippen molar-refractivity contribution in [2.45, 2.75) is 0 Å². The van der Waals surface area contributed by atoms with Crippen LogP contribution >= 0.6 is 11.3 Å². The van der Waals surface area contributed by atoms with Gasteiger partial charge in [-0.1, -0.05) is 12.1 Å². The first-order valence-corrected chi connectivity index (χ1v) is 6.92. The Morgan fingerprint density at radius 3 is 2.86 bits per heavy atom. The van der Waals surface area contributed by atoms with Crippen LogP contribution in [0, 0.1) is 0 Å². The van der Waals surface area contributed by atoms with Crippen LogP contribution in [0.4, 0.5) is 5.00 Å². The topological polar surface area (TPSA) is 75.6 Å². The highest BCUT2D eigenvalue weighted by Gasteiger charge is 2.12. The minimum Gasteiger partial charge on any atom is -0.497 e. The van der Waals surface area contributed by atoms with E-state index in [1.807, 2.05) is 18.2 Å². The number of anilines is 1. The predicted molar refractivity (Wildman–Crippen MR) is 81.9 cm³/mol. The molecule has 0 aliphatic heterocycles. The van der Waals surface area contributed by atoms with Crippen LogP contribution in [0.1, 0.15) is 15.9 Å². The van der Waals surface area contributed by atoms with Crippen molar-refractivity contribution in [3.05, 3.63) is 52.9 Å². The molecule has 5 nitrogen and oxygen atoms in total. The molecule has 2 aromatic rings. The van der Waals surface area contributed by atoms with Crippen molar-refractivity contribution in [2.24, 2.45) is 0 Å². The highest BCUT2D eigenvalue weighted by molar-refractivity contribution is 7.14. The zero-order valence-corrected chi connectivity index (χ0v) is 12.0. The predicted octanol–water partition coefficient (Wildman–Crippen LogP) is 3.11. The molecule has 0 radical (unpaired) electrons. The molecule has 0 aliphatic rings. The van der Waals surface area contributed by atoms with Gasteiger partial charge < -0.3 is 15.2 Å². The Balaban J connectivity index is 2.05. The van der Waals surface area contributed by atoms with Crippen molar-refractivity contribution in [3.63, 3.8) is 0 Å². The number of amides is 1. The van der Waals surface area contributed by atoms with Gasteiger partial charge in [-0.25, -0.2) is 4.79 Å². The number of carbonyl (C=O) groups excluding carboxylic acids is 1. The summed E-state index contributed by atoms with van der Waals surface area (Å²) in [5.41, 5.74) is 0.900. The number of aromatic carboxylic acids is 1. The Kier molecular flexibility index (Phi) is 4.73. The van der Waals surface area contributed by atoms with Crippen LogP contribution in [0.15, 0.2) is 41.8 Å². The standard InChI is InChI=1S/C15H13NO4S/c1-20-11-4-2-3-10(9-11)5-6-13(17)16-14-12(15(18)19)7-8-21-14/h2-9H,1H3,(H,16,17)(H,18,19)/b6-5+. The molecule has 0 aliphatic carbocycles. The second-order valence-electron chi connectivity index (χ2n) is 4.07. The summed E-state index contributed by atoms with van der Waals surface area (Å²) >= 11 is 1.17. The lowest BCUT2D eigenvalue weighted by molar-refractivity contribution is -0.111. The lowest BCUT2D eigenvalue weighted by atomic mass is 10.2. The number of rotatable bonds is 5. The Bertz CT molecular complexity index is 690. The molecule has 0 saturated heterocycles. The van der Waals surface area contributed by atoms with Gasteiger partial charge in [0.25, 0.3) is 0 Å². The van der Waals surface area contributed by atoms with Crippen LogP contribution in [0.2, 0.25) is 0 Å². The van der Waals surface area contributed by atoms with Gasteiger partial charge in [-0.3, -0.25) is 4.79 Å². The van der Waals surface area contributed by atoms with Crippen molar-refractivity contribution < 1.29 is 19.4 Å². The van der Waals surface area contributed by atoms with E-state index < -0.39 is 5.97 Å². The molecular formula is C15H13NO4S. The third kappa shape index (κ3) is 3.93. The van der Waals surface area contributed by atoms with Crippen LogP contribution in [-0.2, 0) is 4.79 Å². The Morgan fingerprint density at radius 2 is 2.14 bits per heavy atom. The Labute approximate surface area is 125 Å². The molecule has 21 heavy (non-hydrogen) atoms. The van der Waals surface area contributed by atoms with Gasteiger partial charge >= 0.3 is 5.97 Å². The van der Waals surface area contributed by atoms with E-state index in [9.17, 15) is 9.59 Å². The lowest BCUT2D eigenvalue weighted by Crippen LogP contribution is -2.09. The number of benzene rings is 1. The van der Waals surface area contributed by atoms with Crippen LogP contribution in [-0.4, -0.2) is 24.1 Å². The smallest absolute Gasteiger partial charge is 0.338 e. The van der Waals surface area contributed by atoms with Crippen molar-refractivity contribution in [1.29, 1.82) is 0 Å². The molecule has 0 unspecified atom stereocenters. The summed E-state index contributed by atoms with van der Waals surface area (Å²) in [6, 6.07) is 8.70. The van der Waals surface area contributed by atoms with Crippen molar-refractivity contribution in [1.82, 2.24) is 0 Å². The molecule has 1 aromatic heterocycles. The average molecular weight is 303 g/mol. The number of hydrogen-bond acceptors (Lipinski definition) is 4. The number of carboxylic acids is 1. The van der Waals surface area contributed by atoms with Gasteiger partial charge in [0.15, 0.2) is 0 Å². The van der Waals surface area contributed by atoms with E-state index in [1.165, 1.54) is 23.5 Å². The van der Waals surface area contributed by atoms with Gasteiger partial charge in [-0.2, -0.15) is 0 Å². The molecule has 0 bridgehead atoms. The molecule has 0 saturated carbocycles. The van der Waals surface area contributed by atoms with Crippen molar-refractivity contribution in [3.8, 4) is 5.75 Å². The second kappa shape index (κ2) is 6.71. The first kappa shape index (κ1) is 14.8. The maximum Gasteiger partial charge on any atom is 0.338 e. The molecule has 2 N–H and O–H groups in total. The average Bonchev–Trinajstić information content (AvgIpc) is 2.93. The molecule has 6 heteroatoms. The summed E-state index contributed by atoms with van der Waals surface area (Å²) in [7, 11) is 1.57. The number of ether oxygens (including phenoxy) is 1. The largest absolute Gasteiger partial charge is 0.497 e. The summed E-state index contributed by atoms with van der Waals surface area (Å²) in [5, 5.41) is 13.4. The van der Waals surface area contributed by atoms with E-state index in [0.717, 1.165) is 5.56 Å². The van der Waals surface area contributed by atoms with E-state index >= 15 is 0 Å². The third-order valence-electron chi connectivity index (χ3n) is 2.65. The van der Waals surface area contributed by atoms with E-state index in [4.69, 9.17) is 9.84 Å². The van der Waals surface area contributed by atoms with Crippen LogP contribution in [0.25, 0.3) is 6.08 Å². The maximum absolute atomic E-state index is 11.8. The molecule has 0 spiro atoms. The lowest BCUT2D eigenvalue weighted by Gasteiger charge is -2.01. The molecule has 108 valence electrons. The normalized spacial score (nSPS) is 10.5. The fraction of sp³-hybridized carbons (Fsp3) is 0.0667. The summed E-state index contributed by atoms with van der Waals surface area (Å²) in [4.78, 5) is 22.7. The zero-order chi connectivity index (χ0) is 15.2. The number of hydrogen-bond donors (Lipinski definition) is 2. The number of methoxy groups -OCH3 is 1. The van der Waals surface area contributed by atoms with Crippen LogP contribution < -0.4 is 10.1 Å². The first-order chi connectivity index (χ1) is 10.1. The molecule has 0 atom stereocenters. The fourth-order valence-corrected chi connectivity index (χ4v) is 2.43. The Hall–Kier alpha value is -2.60. The number of thiophene rings is 1. The molecular weight excluding hydrogens is 290 g/mol. The number of carboxylic acid groups (broad SMARTS) is 1. The van der Waals surface area contributed by atoms with Crippen LogP contribution in [0.3, 0.4) is 0 Å². The summed E-state index contributed by atoms with van der Waals surface area (Å²) in [6.45, 7) is 0. The van der Waals surface area contributed by atoms with Crippen molar-refractivity contribution >= 4 is 34.3 Å². The zero-order valence-electron chi connectivity index (χ0n) is 11.2.